The van der Waals surface area contributed by atoms with Crippen LogP contribution < -0.4 is 0 Å². The monoisotopic (exact) mass is 178 g/mol. The summed E-state index contributed by atoms with van der Waals surface area (Å²) in [4.78, 5) is 10.5. The summed E-state index contributed by atoms with van der Waals surface area (Å²) in [5, 5.41) is 8.61. The van der Waals surface area contributed by atoms with Gasteiger partial charge in [-0.3, -0.25) is 4.79 Å². The second kappa shape index (κ2) is 3.91. The van der Waals surface area contributed by atoms with Crippen LogP contribution in [-0.2, 0) is 9.36 Å². The quantitative estimate of drug-likeness (QED) is 0.668. The molecule has 0 radical (unpaired) electrons. The third-order valence-corrected chi connectivity index (χ3v) is 5.91. The Morgan fingerprint density at radius 2 is 1.82 bits per heavy atom. The van der Waals surface area contributed by atoms with Crippen LogP contribution in [0.2, 0.25) is 0 Å². The highest BCUT2D eigenvalue weighted by Gasteiger charge is 2.30. The van der Waals surface area contributed by atoms with E-state index in [1.807, 2.05) is 0 Å². The lowest BCUT2D eigenvalue weighted by atomic mass is 10.5. The minimum absolute atomic E-state index is 0.483. The van der Waals surface area contributed by atoms with E-state index in [1.165, 1.54) is 6.92 Å². The summed E-state index contributed by atoms with van der Waals surface area (Å²) in [5.41, 5.74) is -0.683. The van der Waals surface area contributed by atoms with Gasteiger partial charge in [0.1, 0.15) is 12.8 Å². The molecule has 3 nitrogen and oxygen atoms in total. The summed E-state index contributed by atoms with van der Waals surface area (Å²) in [6, 6.07) is 0. The summed E-state index contributed by atoms with van der Waals surface area (Å²) in [6.45, 7) is 5.09. The minimum Gasteiger partial charge on any atom is -0.481 e. The van der Waals surface area contributed by atoms with Crippen molar-refractivity contribution in [3.63, 3.8) is 0 Å². The summed E-state index contributed by atoms with van der Waals surface area (Å²) in [6.07, 6.45) is 0.966. The Labute approximate surface area is 67.2 Å². The topological polar surface area (TPSA) is 54.4 Å². The highest BCUT2D eigenvalue weighted by atomic mass is 31.2. The fourth-order valence-electron chi connectivity index (χ4n) is 0.973. The average Bonchev–Trinajstić information content (AvgIpc) is 2.01. The lowest BCUT2D eigenvalue weighted by Gasteiger charge is -2.17. The maximum atomic E-state index is 11.7. The van der Waals surface area contributed by atoms with Gasteiger partial charge in [0.2, 0.25) is 0 Å². The molecule has 1 N–H and O–H groups in total. The van der Waals surface area contributed by atoms with E-state index in [4.69, 9.17) is 5.11 Å². The van der Waals surface area contributed by atoms with Crippen LogP contribution in [-0.4, -0.2) is 29.1 Å². The van der Waals surface area contributed by atoms with Crippen LogP contribution in [0.5, 0.6) is 0 Å². The smallest absolute Gasteiger partial charge is 0.313 e. The number of carboxylic acids is 1. The fourth-order valence-corrected chi connectivity index (χ4v) is 2.92. The van der Waals surface area contributed by atoms with Crippen molar-refractivity contribution < 1.29 is 14.5 Å². The predicted octanol–water partition coefficient (Wildman–Crippen LogP) is 1.86. The van der Waals surface area contributed by atoms with Gasteiger partial charge in [0.15, 0.2) is 0 Å². The molecule has 0 aliphatic heterocycles. The third-order valence-electron chi connectivity index (χ3n) is 2.13. The zero-order valence-electron chi connectivity index (χ0n) is 7.20. The lowest BCUT2D eigenvalue weighted by molar-refractivity contribution is -0.136. The number of carbonyl (C=O) groups is 1. The van der Waals surface area contributed by atoms with Crippen molar-refractivity contribution in [2.24, 2.45) is 0 Å². The lowest BCUT2D eigenvalue weighted by Crippen LogP contribution is -2.18. The van der Waals surface area contributed by atoms with E-state index < -0.39 is 18.8 Å². The number of hydrogen-bond acceptors (Lipinski definition) is 2. The van der Waals surface area contributed by atoms with Crippen molar-refractivity contribution in [3.05, 3.63) is 0 Å². The summed E-state index contributed by atoms with van der Waals surface area (Å²) in [5.74, 6) is -0.947. The predicted molar refractivity (Wildman–Crippen MR) is 45.8 cm³/mol. The van der Waals surface area contributed by atoms with E-state index in [0.717, 1.165) is 0 Å². The first-order valence-corrected chi connectivity index (χ1v) is 5.93. The molecule has 4 heteroatoms. The van der Waals surface area contributed by atoms with Crippen molar-refractivity contribution in [2.45, 2.75) is 26.4 Å². The van der Waals surface area contributed by atoms with Crippen LogP contribution in [0.4, 0.5) is 0 Å². The van der Waals surface area contributed by atoms with E-state index in [2.05, 4.69) is 0 Å². The van der Waals surface area contributed by atoms with Crippen LogP contribution in [0.25, 0.3) is 0 Å². The van der Waals surface area contributed by atoms with Gasteiger partial charge in [-0.1, -0.05) is 13.8 Å². The molecule has 0 aromatic heterocycles. The molecule has 0 heterocycles. The standard InChI is InChI=1S/C7H15O3P/c1-4-11(10,5-2)6(3)7(8)9/h6H,4-5H2,1-3H3,(H,8,9). The van der Waals surface area contributed by atoms with Gasteiger partial charge in [0.25, 0.3) is 0 Å². The van der Waals surface area contributed by atoms with Crippen molar-refractivity contribution >= 4 is 13.1 Å². The zero-order valence-corrected chi connectivity index (χ0v) is 8.10. The molecule has 0 fully saturated rings. The Morgan fingerprint density at radius 3 is 1.91 bits per heavy atom. The molecule has 0 aromatic rings. The van der Waals surface area contributed by atoms with Crippen molar-refractivity contribution in [1.82, 2.24) is 0 Å². The summed E-state index contributed by atoms with van der Waals surface area (Å²) < 4.78 is 11.7. The normalized spacial score (nSPS) is 14.5. The highest BCUT2D eigenvalue weighted by Crippen LogP contribution is 2.49. The number of aliphatic carboxylic acids is 1. The van der Waals surface area contributed by atoms with Gasteiger partial charge < -0.3 is 9.67 Å². The summed E-state index contributed by atoms with van der Waals surface area (Å²) in [7, 11) is -2.43. The van der Waals surface area contributed by atoms with Gasteiger partial charge in [0.05, 0.1) is 0 Å². The van der Waals surface area contributed by atoms with Crippen LogP contribution in [0, 0.1) is 0 Å². The zero-order chi connectivity index (χ0) is 9.07. The first-order valence-electron chi connectivity index (χ1n) is 3.78. The SMILES string of the molecule is CCP(=O)(CC)C(C)C(=O)O. The second-order valence-electron chi connectivity index (χ2n) is 2.60. The molecule has 0 rings (SSSR count). The molecule has 11 heavy (non-hydrogen) atoms. The number of carboxylic acid groups (broad SMARTS) is 1. The largest absolute Gasteiger partial charge is 0.481 e. The van der Waals surface area contributed by atoms with E-state index >= 15 is 0 Å². The summed E-state index contributed by atoms with van der Waals surface area (Å²) >= 11 is 0. The molecule has 0 aromatic carbocycles. The Bertz CT molecular complexity index is 180. The first kappa shape index (κ1) is 10.7. The van der Waals surface area contributed by atoms with Crippen LogP contribution >= 0.6 is 7.14 Å². The number of hydrogen-bond donors (Lipinski definition) is 1. The first-order chi connectivity index (χ1) is 4.98. The Morgan fingerprint density at radius 1 is 1.45 bits per heavy atom. The Kier molecular flexibility index (Phi) is 3.81. The highest BCUT2D eigenvalue weighted by molar-refractivity contribution is 7.65. The van der Waals surface area contributed by atoms with Crippen LogP contribution in [0.15, 0.2) is 0 Å². The van der Waals surface area contributed by atoms with Crippen LogP contribution in [0.1, 0.15) is 20.8 Å². The maximum absolute atomic E-state index is 11.7. The molecule has 1 atom stereocenters. The van der Waals surface area contributed by atoms with Crippen molar-refractivity contribution in [2.75, 3.05) is 12.3 Å². The molecule has 1 unspecified atom stereocenters. The molecule has 0 aliphatic carbocycles. The van der Waals surface area contributed by atoms with Gasteiger partial charge in [-0.2, -0.15) is 0 Å². The van der Waals surface area contributed by atoms with Gasteiger partial charge in [-0.15, -0.1) is 0 Å². The van der Waals surface area contributed by atoms with E-state index in [0.29, 0.717) is 12.3 Å². The molecule has 0 saturated carbocycles. The minimum atomic E-state index is -2.43. The van der Waals surface area contributed by atoms with E-state index in [-0.39, 0.29) is 0 Å². The molecular weight excluding hydrogens is 163 g/mol. The van der Waals surface area contributed by atoms with Gasteiger partial charge in [-0.05, 0) is 19.2 Å². The molecule has 0 amide bonds. The fraction of sp³-hybridized carbons (Fsp3) is 0.857. The van der Waals surface area contributed by atoms with Gasteiger partial charge >= 0.3 is 5.97 Å². The van der Waals surface area contributed by atoms with Crippen molar-refractivity contribution in [1.29, 1.82) is 0 Å². The number of rotatable bonds is 4. The molecule has 0 bridgehead atoms. The molecule has 0 spiro atoms. The Balaban J connectivity index is 4.51. The molecular formula is C7H15O3P. The van der Waals surface area contributed by atoms with Crippen LogP contribution in [0.3, 0.4) is 0 Å². The molecule has 66 valence electrons. The van der Waals surface area contributed by atoms with E-state index in [9.17, 15) is 9.36 Å². The third kappa shape index (κ3) is 2.33. The van der Waals surface area contributed by atoms with Gasteiger partial charge in [-0.25, -0.2) is 0 Å². The molecule has 0 saturated heterocycles. The van der Waals surface area contributed by atoms with Crippen molar-refractivity contribution in [3.8, 4) is 0 Å². The second-order valence-corrected chi connectivity index (χ2v) is 6.54. The maximum Gasteiger partial charge on any atom is 0.313 e. The van der Waals surface area contributed by atoms with E-state index in [1.54, 1.807) is 13.8 Å². The average molecular weight is 178 g/mol. The Hall–Kier alpha value is -0.300. The molecule has 0 aliphatic rings. The van der Waals surface area contributed by atoms with Gasteiger partial charge in [0, 0.05) is 0 Å².